The van der Waals surface area contributed by atoms with E-state index in [4.69, 9.17) is 10.3 Å². The Balaban J connectivity index is 2.02. The Morgan fingerprint density at radius 3 is 2.94 bits per heavy atom. The maximum absolute atomic E-state index is 5.83. The largest absolute Gasteiger partial charge is 0.383 e. The molecule has 0 saturated carbocycles. The average molecular weight is 243 g/mol. The van der Waals surface area contributed by atoms with E-state index in [-0.39, 0.29) is 0 Å². The lowest BCUT2D eigenvalue weighted by atomic mass is 10.3. The molecule has 0 spiro atoms. The maximum Gasteiger partial charge on any atom is 0.263 e. The molecule has 3 rings (SSSR count). The Morgan fingerprint density at radius 2 is 2.28 bits per heavy atom. The second-order valence-corrected chi connectivity index (χ2v) is 3.58. The van der Waals surface area contributed by atoms with Gasteiger partial charge in [-0.05, 0) is 6.07 Å². The fourth-order valence-electron chi connectivity index (χ4n) is 1.47. The van der Waals surface area contributed by atoms with Crippen molar-refractivity contribution >= 4 is 5.82 Å². The van der Waals surface area contributed by atoms with Crippen LogP contribution in [0, 0.1) is 0 Å². The Labute approximate surface area is 101 Å². The van der Waals surface area contributed by atoms with Crippen molar-refractivity contribution in [3.8, 4) is 23.0 Å². The van der Waals surface area contributed by atoms with Gasteiger partial charge in [0.2, 0.25) is 5.82 Å². The third-order valence-electron chi connectivity index (χ3n) is 2.45. The SMILES string of the molecule is Cn1ncc(-c2nc(-c3ccncn3)no2)c1N. The second-order valence-electron chi connectivity index (χ2n) is 3.58. The highest BCUT2D eigenvalue weighted by atomic mass is 16.5. The first kappa shape index (κ1) is 10.4. The highest BCUT2D eigenvalue weighted by Crippen LogP contribution is 2.24. The first-order valence-corrected chi connectivity index (χ1v) is 5.13. The van der Waals surface area contributed by atoms with Gasteiger partial charge < -0.3 is 10.3 Å². The molecule has 8 heteroatoms. The van der Waals surface area contributed by atoms with E-state index in [1.807, 2.05) is 0 Å². The molecule has 3 aromatic heterocycles. The molecule has 8 nitrogen and oxygen atoms in total. The minimum atomic E-state index is 0.314. The molecule has 0 aliphatic rings. The molecule has 0 aliphatic heterocycles. The zero-order valence-electron chi connectivity index (χ0n) is 9.48. The lowest BCUT2D eigenvalue weighted by molar-refractivity contribution is 0.432. The number of aromatic nitrogens is 6. The zero-order valence-corrected chi connectivity index (χ0v) is 9.48. The van der Waals surface area contributed by atoms with E-state index in [2.05, 4.69) is 25.2 Å². The zero-order chi connectivity index (χ0) is 12.5. The van der Waals surface area contributed by atoms with E-state index in [0.29, 0.717) is 28.8 Å². The van der Waals surface area contributed by atoms with Crippen LogP contribution in [0.15, 0.2) is 29.3 Å². The molecule has 0 aromatic carbocycles. The highest BCUT2D eigenvalue weighted by Gasteiger charge is 2.16. The maximum atomic E-state index is 5.83. The predicted octanol–water partition coefficient (Wildman–Crippen LogP) is 0.509. The van der Waals surface area contributed by atoms with E-state index in [9.17, 15) is 0 Å². The fourth-order valence-corrected chi connectivity index (χ4v) is 1.47. The van der Waals surface area contributed by atoms with Crippen LogP contribution in [0.4, 0.5) is 5.82 Å². The molecular formula is C10H9N7O. The van der Waals surface area contributed by atoms with Crippen LogP contribution >= 0.6 is 0 Å². The number of anilines is 1. The predicted molar refractivity (Wildman–Crippen MR) is 61.9 cm³/mol. The summed E-state index contributed by atoms with van der Waals surface area (Å²) in [5.74, 6) is 1.16. The molecule has 0 saturated heterocycles. The van der Waals surface area contributed by atoms with Gasteiger partial charge in [0.25, 0.3) is 5.89 Å². The summed E-state index contributed by atoms with van der Waals surface area (Å²) in [5.41, 5.74) is 7.02. The van der Waals surface area contributed by atoms with Crippen molar-refractivity contribution in [3.05, 3.63) is 24.8 Å². The van der Waals surface area contributed by atoms with Gasteiger partial charge in [-0.1, -0.05) is 5.16 Å². The summed E-state index contributed by atoms with van der Waals surface area (Å²) in [6.07, 6.45) is 4.60. The minimum absolute atomic E-state index is 0.314. The van der Waals surface area contributed by atoms with Crippen molar-refractivity contribution in [2.75, 3.05) is 5.73 Å². The van der Waals surface area contributed by atoms with Crippen LogP contribution in [-0.2, 0) is 7.05 Å². The lowest BCUT2D eigenvalue weighted by Crippen LogP contribution is -1.98. The van der Waals surface area contributed by atoms with Crippen molar-refractivity contribution < 1.29 is 4.52 Å². The van der Waals surface area contributed by atoms with Crippen LogP contribution in [0.5, 0.6) is 0 Å². The monoisotopic (exact) mass is 243 g/mol. The normalized spacial score (nSPS) is 10.7. The molecule has 0 fully saturated rings. The highest BCUT2D eigenvalue weighted by molar-refractivity contribution is 5.67. The number of nitrogens with two attached hydrogens (primary N) is 1. The van der Waals surface area contributed by atoms with Crippen LogP contribution in [-0.4, -0.2) is 29.9 Å². The Kier molecular flexibility index (Phi) is 2.26. The van der Waals surface area contributed by atoms with Gasteiger partial charge in [-0.25, -0.2) is 9.97 Å². The summed E-state index contributed by atoms with van der Waals surface area (Å²) in [4.78, 5) is 12.1. The van der Waals surface area contributed by atoms with Crippen molar-refractivity contribution in [1.29, 1.82) is 0 Å². The summed E-state index contributed by atoms with van der Waals surface area (Å²) in [6, 6.07) is 1.70. The van der Waals surface area contributed by atoms with Gasteiger partial charge in [0.15, 0.2) is 0 Å². The third-order valence-corrected chi connectivity index (χ3v) is 2.45. The van der Waals surface area contributed by atoms with Crippen LogP contribution in [0.25, 0.3) is 23.0 Å². The molecule has 3 aromatic rings. The van der Waals surface area contributed by atoms with E-state index < -0.39 is 0 Å². The quantitative estimate of drug-likeness (QED) is 0.698. The molecule has 0 radical (unpaired) electrons. The molecule has 0 atom stereocenters. The van der Waals surface area contributed by atoms with Gasteiger partial charge in [0.05, 0.1) is 6.20 Å². The number of nitrogens with zero attached hydrogens (tertiary/aromatic N) is 6. The first-order valence-electron chi connectivity index (χ1n) is 5.13. The van der Waals surface area contributed by atoms with Gasteiger partial charge in [-0.3, -0.25) is 4.68 Å². The first-order chi connectivity index (χ1) is 8.75. The third kappa shape index (κ3) is 1.59. The van der Waals surface area contributed by atoms with Crippen LogP contribution < -0.4 is 5.73 Å². The van der Waals surface area contributed by atoms with Gasteiger partial charge in [0, 0.05) is 13.2 Å². The standard InChI is InChI=1S/C10H9N7O/c1-17-8(11)6(4-14-17)10-15-9(16-18-10)7-2-3-12-5-13-7/h2-5H,11H2,1H3. The number of hydrogen-bond donors (Lipinski definition) is 1. The lowest BCUT2D eigenvalue weighted by Gasteiger charge is -1.93. The van der Waals surface area contributed by atoms with E-state index >= 15 is 0 Å². The van der Waals surface area contributed by atoms with Crippen molar-refractivity contribution in [3.63, 3.8) is 0 Å². The molecule has 2 N–H and O–H groups in total. The number of aryl methyl sites for hydroxylation is 1. The van der Waals surface area contributed by atoms with Crippen molar-refractivity contribution in [2.24, 2.45) is 7.05 Å². The van der Waals surface area contributed by atoms with E-state index in [1.165, 1.54) is 11.0 Å². The summed E-state index contributed by atoms with van der Waals surface area (Å²) < 4.78 is 6.68. The van der Waals surface area contributed by atoms with Crippen molar-refractivity contribution in [1.82, 2.24) is 29.9 Å². The molecule has 0 aliphatic carbocycles. The van der Waals surface area contributed by atoms with Gasteiger partial charge >= 0.3 is 0 Å². The molecule has 0 bridgehead atoms. The Hall–Kier alpha value is -2.77. The van der Waals surface area contributed by atoms with Crippen molar-refractivity contribution in [2.45, 2.75) is 0 Å². The van der Waals surface area contributed by atoms with Crippen LogP contribution in [0.3, 0.4) is 0 Å². The molecular weight excluding hydrogens is 234 g/mol. The van der Waals surface area contributed by atoms with Crippen LogP contribution in [0.1, 0.15) is 0 Å². The number of hydrogen-bond acceptors (Lipinski definition) is 7. The summed E-state index contributed by atoms with van der Waals surface area (Å²) in [5, 5.41) is 7.86. The second kappa shape index (κ2) is 3.91. The van der Waals surface area contributed by atoms with Gasteiger partial charge in [-0.15, -0.1) is 0 Å². The molecule has 3 heterocycles. The molecule has 0 unspecified atom stereocenters. The minimum Gasteiger partial charge on any atom is -0.383 e. The smallest absolute Gasteiger partial charge is 0.263 e. The molecule has 0 amide bonds. The summed E-state index contributed by atoms with van der Waals surface area (Å²) >= 11 is 0. The number of nitrogen functional groups attached to an aromatic ring is 1. The number of rotatable bonds is 2. The fraction of sp³-hybridized carbons (Fsp3) is 0.100. The topological polar surface area (TPSA) is 109 Å². The van der Waals surface area contributed by atoms with Crippen LogP contribution in [0.2, 0.25) is 0 Å². The van der Waals surface area contributed by atoms with Gasteiger partial charge in [0.1, 0.15) is 23.4 Å². The Morgan fingerprint density at radius 1 is 1.39 bits per heavy atom. The molecule has 18 heavy (non-hydrogen) atoms. The molecule has 90 valence electrons. The van der Waals surface area contributed by atoms with E-state index in [0.717, 1.165) is 0 Å². The summed E-state index contributed by atoms with van der Waals surface area (Å²) in [6.45, 7) is 0. The summed E-state index contributed by atoms with van der Waals surface area (Å²) in [7, 11) is 1.74. The average Bonchev–Trinajstić information content (AvgIpc) is 3.00. The Bertz CT molecular complexity index is 673. The van der Waals surface area contributed by atoms with Gasteiger partial charge in [-0.2, -0.15) is 10.1 Å². The van der Waals surface area contributed by atoms with E-state index in [1.54, 1.807) is 25.5 Å².